The van der Waals surface area contributed by atoms with Crippen LogP contribution in [0.5, 0.6) is 5.75 Å². The number of amides is 2. The first-order valence-electron chi connectivity index (χ1n) is 8.75. The summed E-state index contributed by atoms with van der Waals surface area (Å²) in [6, 6.07) is 13.0. The highest BCUT2D eigenvalue weighted by molar-refractivity contribution is 7.18. The molecule has 1 unspecified atom stereocenters. The molecule has 1 atom stereocenters. The molecule has 0 fully saturated rings. The van der Waals surface area contributed by atoms with Crippen molar-refractivity contribution in [2.75, 3.05) is 16.8 Å². The summed E-state index contributed by atoms with van der Waals surface area (Å²) in [6.07, 6.45) is -0.355. The van der Waals surface area contributed by atoms with Gasteiger partial charge < -0.3 is 15.0 Å². The second-order valence-electron chi connectivity index (χ2n) is 6.43. The van der Waals surface area contributed by atoms with Crippen LogP contribution in [0.3, 0.4) is 0 Å². The van der Waals surface area contributed by atoms with Crippen molar-refractivity contribution in [3.05, 3.63) is 47.5 Å². The second-order valence-corrected chi connectivity index (χ2v) is 7.67. The van der Waals surface area contributed by atoms with Gasteiger partial charge in [0.1, 0.15) is 5.75 Å². The van der Waals surface area contributed by atoms with Crippen LogP contribution < -0.4 is 15.0 Å². The van der Waals surface area contributed by atoms with Crippen molar-refractivity contribution in [2.45, 2.75) is 26.4 Å². The summed E-state index contributed by atoms with van der Waals surface area (Å²) in [5.74, 6) is 0.388. The molecule has 2 amide bonds. The number of para-hydroxylation sites is 2. The van der Waals surface area contributed by atoms with Crippen molar-refractivity contribution >= 4 is 44.7 Å². The molecule has 0 saturated carbocycles. The molecule has 0 aliphatic carbocycles. The van der Waals surface area contributed by atoms with Crippen molar-refractivity contribution < 1.29 is 14.3 Å². The number of aryl methyl sites for hydroxylation is 1. The average molecular weight is 381 g/mol. The van der Waals surface area contributed by atoms with E-state index in [0.717, 1.165) is 20.9 Å². The van der Waals surface area contributed by atoms with Crippen molar-refractivity contribution in [3.8, 4) is 5.75 Å². The lowest BCUT2D eigenvalue weighted by Gasteiger charge is -2.32. The van der Waals surface area contributed by atoms with Crippen LogP contribution in [0.4, 0.5) is 11.4 Å². The van der Waals surface area contributed by atoms with E-state index in [1.807, 2.05) is 49.4 Å². The van der Waals surface area contributed by atoms with Gasteiger partial charge in [0.2, 0.25) is 5.91 Å². The highest BCUT2D eigenvalue weighted by Crippen LogP contribution is 2.33. The fourth-order valence-corrected chi connectivity index (χ4v) is 4.01. The lowest BCUT2D eigenvalue weighted by Crippen LogP contribution is -2.45. The molecule has 0 saturated heterocycles. The van der Waals surface area contributed by atoms with E-state index in [4.69, 9.17) is 4.74 Å². The van der Waals surface area contributed by atoms with E-state index >= 15 is 0 Å². The number of benzene rings is 2. The summed E-state index contributed by atoms with van der Waals surface area (Å²) in [5.41, 5.74) is 2.37. The molecule has 0 bridgehead atoms. The van der Waals surface area contributed by atoms with E-state index in [1.54, 1.807) is 23.2 Å². The molecule has 27 heavy (non-hydrogen) atoms. The highest BCUT2D eigenvalue weighted by atomic mass is 32.1. The number of aromatic nitrogens is 1. The molecule has 2 heterocycles. The Morgan fingerprint density at radius 3 is 2.96 bits per heavy atom. The molecule has 1 aliphatic heterocycles. The normalized spacial score (nSPS) is 16.1. The van der Waals surface area contributed by atoms with Crippen LogP contribution in [0.2, 0.25) is 0 Å². The Bertz CT molecular complexity index is 1030. The molecule has 7 heteroatoms. The minimum atomic E-state index is -0.556. The number of fused-ring (bicyclic) bond motifs is 2. The van der Waals surface area contributed by atoms with Gasteiger partial charge in [0, 0.05) is 18.7 Å². The number of ether oxygens (including phenoxy) is 1. The maximum atomic E-state index is 12.5. The number of thiazole rings is 1. The highest BCUT2D eigenvalue weighted by Gasteiger charge is 2.31. The Labute approximate surface area is 160 Å². The Hall–Kier alpha value is -2.93. The third-order valence-corrected chi connectivity index (χ3v) is 5.35. The maximum Gasteiger partial charge on any atom is 0.267 e. The van der Waals surface area contributed by atoms with Crippen LogP contribution in [0.25, 0.3) is 10.2 Å². The average Bonchev–Trinajstić information content (AvgIpc) is 3.01. The van der Waals surface area contributed by atoms with E-state index in [2.05, 4.69) is 10.3 Å². The lowest BCUT2D eigenvalue weighted by atomic mass is 10.1. The van der Waals surface area contributed by atoms with Crippen LogP contribution in [0.15, 0.2) is 42.5 Å². The van der Waals surface area contributed by atoms with E-state index in [0.29, 0.717) is 18.0 Å². The quantitative estimate of drug-likeness (QED) is 0.747. The molecule has 3 aromatic rings. The van der Waals surface area contributed by atoms with Gasteiger partial charge in [-0.3, -0.25) is 9.59 Å². The number of nitrogens with one attached hydrogen (secondary N) is 1. The monoisotopic (exact) mass is 381 g/mol. The van der Waals surface area contributed by atoms with Crippen molar-refractivity contribution in [1.29, 1.82) is 0 Å². The fourth-order valence-electron chi connectivity index (χ4n) is 3.14. The molecular weight excluding hydrogens is 362 g/mol. The summed E-state index contributed by atoms with van der Waals surface area (Å²) in [5, 5.41) is 3.90. The summed E-state index contributed by atoms with van der Waals surface area (Å²) in [6.45, 7) is 3.98. The third kappa shape index (κ3) is 3.50. The van der Waals surface area contributed by atoms with Gasteiger partial charge in [-0.2, -0.15) is 0 Å². The summed E-state index contributed by atoms with van der Waals surface area (Å²) in [7, 11) is 0. The largest absolute Gasteiger partial charge is 0.479 e. The summed E-state index contributed by atoms with van der Waals surface area (Å²) >= 11 is 1.59. The van der Waals surface area contributed by atoms with Gasteiger partial charge in [-0.15, -0.1) is 11.3 Å². The Morgan fingerprint density at radius 2 is 2.11 bits per heavy atom. The number of anilines is 2. The molecule has 2 aromatic carbocycles. The number of carbonyl (C=O) groups is 2. The van der Waals surface area contributed by atoms with Gasteiger partial charge in [-0.25, -0.2) is 4.98 Å². The van der Waals surface area contributed by atoms with E-state index in [9.17, 15) is 9.59 Å². The molecule has 1 aromatic heterocycles. The zero-order chi connectivity index (χ0) is 19.0. The van der Waals surface area contributed by atoms with Gasteiger partial charge in [0.25, 0.3) is 5.91 Å². The number of nitrogens with zero attached hydrogens (tertiary/aromatic N) is 2. The standard InChI is InChI=1S/C20H19N3O3S/c1-12-20(25)23(16-5-3-4-6-17(16)26-12)10-9-19(24)22-14-7-8-15-18(11-14)27-13(2)21-15/h3-8,11-12H,9-10H2,1-2H3,(H,22,24). The topological polar surface area (TPSA) is 71.5 Å². The van der Waals surface area contributed by atoms with Crippen molar-refractivity contribution in [2.24, 2.45) is 0 Å². The van der Waals surface area contributed by atoms with Crippen molar-refractivity contribution in [3.63, 3.8) is 0 Å². The molecule has 6 nitrogen and oxygen atoms in total. The molecule has 1 aliphatic rings. The molecule has 4 rings (SSSR count). The number of hydrogen-bond donors (Lipinski definition) is 1. The first-order valence-corrected chi connectivity index (χ1v) is 9.57. The minimum absolute atomic E-state index is 0.136. The van der Waals surface area contributed by atoms with Crippen LogP contribution in [-0.2, 0) is 9.59 Å². The number of rotatable bonds is 4. The predicted octanol–water partition coefficient (Wildman–Crippen LogP) is 3.75. The first kappa shape index (κ1) is 17.5. The van der Waals surface area contributed by atoms with Gasteiger partial charge in [-0.1, -0.05) is 12.1 Å². The Morgan fingerprint density at radius 1 is 1.30 bits per heavy atom. The van der Waals surface area contributed by atoms with Crippen molar-refractivity contribution in [1.82, 2.24) is 4.98 Å². The SMILES string of the molecule is Cc1nc2ccc(NC(=O)CCN3C(=O)C(C)Oc4ccccc43)cc2s1. The van der Waals surface area contributed by atoms with E-state index < -0.39 is 6.10 Å². The second kappa shape index (κ2) is 7.00. The summed E-state index contributed by atoms with van der Waals surface area (Å²) in [4.78, 5) is 30.9. The van der Waals surface area contributed by atoms with E-state index in [1.165, 1.54) is 0 Å². The first-order chi connectivity index (χ1) is 13.0. The molecule has 0 radical (unpaired) electrons. The zero-order valence-corrected chi connectivity index (χ0v) is 15.9. The van der Waals surface area contributed by atoms with Crippen LogP contribution >= 0.6 is 11.3 Å². The van der Waals surface area contributed by atoms with Gasteiger partial charge in [0.15, 0.2) is 6.10 Å². The minimum Gasteiger partial charge on any atom is -0.479 e. The molecule has 138 valence electrons. The van der Waals surface area contributed by atoms with Crippen LogP contribution in [0, 0.1) is 6.92 Å². The third-order valence-electron chi connectivity index (χ3n) is 4.42. The molecule has 1 N–H and O–H groups in total. The molecule has 0 spiro atoms. The molecular formula is C20H19N3O3S. The van der Waals surface area contributed by atoms with Crippen LogP contribution in [0.1, 0.15) is 18.4 Å². The van der Waals surface area contributed by atoms with Gasteiger partial charge >= 0.3 is 0 Å². The maximum absolute atomic E-state index is 12.5. The predicted molar refractivity (Wildman–Crippen MR) is 106 cm³/mol. The summed E-state index contributed by atoms with van der Waals surface area (Å²) < 4.78 is 6.66. The zero-order valence-electron chi connectivity index (χ0n) is 15.1. The number of hydrogen-bond acceptors (Lipinski definition) is 5. The van der Waals surface area contributed by atoms with Gasteiger partial charge in [-0.05, 0) is 44.2 Å². The number of carbonyl (C=O) groups excluding carboxylic acids is 2. The van der Waals surface area contributed by atoms with Crippen LogP contribution in [-0.4, -0.2) is 29.4 Å². The fraction of sp³-hybridized carbons (Fsp3) is 0.250. The Balaban J connectivity index is 1.44. The van der Waals surface area contributed by atoms with E-state index in [-0.39, 0.29) is 18.2 Å². The smallest absolute Gasteiger partial charge is 0.267 e. The van der Waals surface area contributed by atoms with Gasteiger partial charge in [0.05, 0.1) is 20.9 Å². The Kier molecular flexibility index (Phi) is 4.53. The lowest BCUT2D eigenvalue weighted by molar-refractivity contribution is -0.125.